The van der Waals surface area contributed by atoms with Crippen molar-refractivity contribution in [3.8, 4) is 5.75 Å². The molecule has 0 spiro atoms. The standard InChI is InChI=1S/C19H23NO3/c21-13-19(14-22-15-19)12-20-10-16-6-8-18(9-7-16)23-11-17-4-2-1-3-5-17/h1-9,20-21H,10-15H2. The lowest BCUT2D eigenvalue weighted by molar-refractivity contribution is -0.134. The molecule has 122 valence electrons. The van der Waals surface area contributed by atoms with E-state index in [1.165, 1.54) is 5.56 Å². The number of benzene rings is 2. The average molecular weight is 313 g/mol. The Hall–Kier alpha value is -1.88. The number of ether oxygens (including phenoxy) is 2. The van der Waals surface area contributed by atoms with Crippen LogP contribution in [0.4, 0.5) is 0 Å². The summed E-state index contributed by atoms with van der Waals surface area (Å²) in [6.45, 7) is 3.59. The topological polar surface area (TPSA) is 50.7 Å². The Balaban J connectivity index is 1.43. The Morgan fingerprint density at radius 3 is 2.35 bits per heavy atom. The molecule has 0 aliphatic carbocycles. The quantitative estimate of drug-likeness (QED) is 0.785. The van der Waals surface area contributed by atoms with Gasteiger partial charge in [-0.3, -0.25) is 0 Å². The first-order valence-corrected chi connectivity index (χ1v) is 7.95. The molecule has 4 heteroatoms. The molecular formula is C19H23NO3. The molecule has 1 saturated heterocycles. The molecule has 2 N–H and O–H groups in total. The third-order valence-corrected chi connectivity index (χ3v) is 4.15. The number of aliphatic hydroxyl groups excluding tert-OH is 1. The first-order chi connectivity index (χ1) is 11.3. The van der Waals surface area contributed by atoms with Gasteiger partial charge in [-0.1, -0.05) is 42.5 Å². The van der Waals surface area contributed by atoms with Crippen LogP contribution in [0.3, 0.4) is 0 Å². The van der Waals surface area contributed by atoms with E-state index in [2.05, 4.69) is 29.6 Å². The van der Waals surface area contributed by atoms with Gasteiger partial charge in [0.05, 0.1) is 25.2 Å². The maximum Gasteiger partial charge on any atom is 0.119 e. The van der Waals surface area contributed by atoms with Crippen LogP contribution < -0.4 is 10.1 Å². The van der Waals surface area contributed by atoms with Gasteiger partial charge in [0, 0.05) is 13.1 Å². The van der Waals surface area contributed by atoms with Gasteiger partial charge in [0.2, 0.25) is 0 Å². The molecule has 0 unspecified atom stereocenters. The summed E-state index contributed by atoms with van der Waals surface area (Å²) in [6, 6.07) is 18.3. The number of rotatable bonds is 8. The van der Waals surface area contributed by atoms with Crippen molar-refractivity contribution in [3.63, 3.8) is 0 Å². The molecule has 1 aliphatic heterocycles. The van der Waals surface area contributed by atoms with E-state index in [9.17, 15) is 5.11 Å². The van der Waals surface area contributed by atoms with Gasteiger partial charge in [0.1, 0.15) is 12.4 Å². The van der Waals surface area contributed by atoms with Crippen LogP contribution in [0.5, 0.6) is 5.75 Å². The van der Waals surface area contributed by atoms with E-state index >= 15 is 0 Å². The summed E-state index contributed by atoms with van der Waals surface area (Å²) in [5.74, 6) is 0.872. The molecule has 1 aliphatic rings. The van der Waals surface area contributed by atoms with Crippen molar-refractivity contribution < 1.29 is 14.6 Å². The average Bonchev–Trinajstić information content (AvgIpc) is 2.57. The van der Waals surface area contributed by atoms with E-state index < -0.39 is 0 Å². The monoisotopic (exact) mass is 313 g/mol. The lowest BCUT2D eigenvalue weighted by Gasteiger charge is -2.40. The fourth-order valence-electron chi connectivity index (χ4n) is 2.56. The van der Waals surface area contributed by atoms with Crippen LogP contribution in [0.25, 0.3) is 0 Å². The van der Waals surface area contributed by atoms with E-state index in [0.29, 0.717) is 19.8 Å². The molecule has 0 amide bonds. The van der Waals surface area contributed by atoms with Crippen molar-refractivity contribution in [2.45, 2.75) is 13.2 Å². The predicted octanol–water partition coefficient (Wildman–Crippen LogP) is 2.36. The predicted molar refractivity (Wildman–Crippen MR) is 89.3 cm³/mol. The number of nitrogens with one attached hydrogen (secondary N) is 1. The molecule has 1 heterocycles. The van der Waals surface area contributed by atoms with Gasteiger partial charge in [-0.2, -0.15) is 0 Å². The summed E-state index contributed by atoms with van der Waals surface area (Å²) in [5, 5.41) is 12.8. The van der Waals surface area contributed by atoms with E-state index in [-0.39, 0.29) is 12.0 Å². The minimum absolute atomic E-state index is 0.0846. The molecule has 4 nitrogen and oxygen atoms in total. The maximum absolute atomic E-state index is 9.39. The van der Waals surface area contributed by atoms with Crippen molar-refractivity contribution in [1.82, 2.24) is 5.32 Å². The summed E-state index contributed by atoms with van der Waals surface area (Å²) in [4.78, 5) is 0. The third kappa shape index (κ3) is 4.32. The number of hydrogen-bond donors (Lipinski definition) is 2. The highest BCUT2D eigenvalue weighted by Gasteiger charge is 2.37. The molecule has 2 aromatic rings. The zero-order valence-corrected chi connectivity index (χ0v) is 13.2. The Morgan fingerprint density at radius 2 is 1.74 bits per heavy atom. The smallest absolute Gasteiger partial charge is 0.119 e. The second-order valence-electron chi connectivity index (χ2n) is 6.17. The zero-order valence-electron chi connectivity index (χ0n) is 13.2. The van der Waals surface area contributed by atoms with Gasteiger partial charge in [0.25, 0.3) is 0 Å². The first-order valence-electron chi connectivity index (χ1n) is 7.95. The molecule has 0 aromatic heterocycles. The molecular weight excluding hydrogens is 290 g/mol. The fraction of sp³-hybridized carbons (Fsp3) is 0.368. The van der Waals surface area contributed by atoms with Crippen molar-refractivity contribution in [3.05, 3.63) is 65.7 Å². The second kappa shape index (κ2) is 7.59. The van der Waals surface area contributed by atoms with Crippen LogP contribution in [0, 0.1) is 5.41 Å². The number of aliphatic hydroxyl groups is 1. The van der Waals surface area contributed by atoms with E-state index in [1.54, 1.807) is 0 Å². The largest absolute Gasteiger partial charge is 0.489 e. The lowest BCUT2D eigenvalue weighted by atomic mass is 9.87. The Morgan fingerprint density at radius 1 is 1.00 bits per heavy atom. The fourth-order valence-corrected chi connectivity index (χ4v) is 2.56. The summed E-state index contributed by atoms with van der Waals surface area (Å²) >= 11 is 0. The highest BCUT2D eigenvalue weighted by Crippen LogP contribution is 2.25. The van der Waals surface area contributed by atoms with Gasteiger partial charge >= 0.3 is 0 Å². The summed E-state index contributed by atoms with van der Waals surface area (Å²) in [7, 11) is 0. The maximum atomic E-state index is 9.39. The summed E-state index contributed by atoms with van der Waals surface area (Å²) < 4.78 is 11.0. The molecule has 0 saturated carbocycles. The van der Waals surface area contributed by atoms with Crippen LogP contribution in [-0.2, 0) is 17.9 Å². The Labute approximate surface area is 137 Å². The highest BCUT2D eigenvalue weighted by atomic mass is 16.5. The van der Waals surface area contributed by atoms with Gasteiger partial charge in [0.15, 0.2) is 0 Å². The van der Waals surface area contributed by atoms with Gasteiger partial charge < -0.3 is 19.9 Å². The molecule has 0 bridgehead atoms. The van der Waals surface area contributed by atoms with Crippen LogP contribution >= 0.6 is 0 Å². The minimum Gasteiger partial charge on any atom is -0.489 e. The van der Waals surface area contributed by atoms with Crippen LogP contribution in [0.2, 0.25) is 0 Å². The molecule has 3 rings (SSSR count). The SMILES string of the molecule is OCC1(CNCc2ccc(OCc3ccccc3)cc2)COC1. The van der Waals surface area contributed by atoms with Gasteiger partial charge in [-0.15, -0.1) is 0 Å². The lowest BCUT2D eigenvalue weighted by Crippen LogP contribution is -2.52. The Kier molecular flexibility index (Phi) is 5.28. The molecule has 0 atom stereocenters. The van der Waals surface area contributed by atoms with E-state index in [0.717, 1.165) is 24.4 Å². The Bertz CT molecular complexity index is 588. The van der Waals surface area contributed by atoms with Crippen LogP contribution in [0.15, 0.2) is 54.6 Å². The molecule has 23 heavy (non-hydrogen) atoms. The van der Waals surface area contributed by atoms with Crippen LogP contribution in [0.1, 0.15) is 11.1 Å². The zero-order chi connectivity index (χ0) is 16.0. The van der Waals surface area contributed by atoms with Gasteiger partial charge in [-0.25, -0.2) is 0 Å². The molecule has 0 radical (unpaired) electrons. The van der Waals surface area contributed by atoms with Gasteiger partial charge in [-0.05, 0) is 23.3 Å². The second-order valence-corrected chi connectivity index (χ2v) is 6.17. The third-order valence-electron chi connectivity index (χ3n) is 4.15. The minimum atomic E-state index is -0.0846. The number of hydrogen-bond acceptors (Lipinski definition) is 4. The first kappa shape index (κ1) is 16.0. The summed E-state index contributed by atoms with van der Waals surface area (Å²) in [5.41, 5.74) is 2.28. The summed E-state index contributed by atoms with van der Waals surface area (Å²) in [6.07, 6.45) is 0. The van der Waals surface area contributed by atoms with E-state index in [4.69, 9.17) is 9.47 Å². The molecule has 1 fully saturated rings. The van der Waals surface area contributed by atoms with Crippen LogP contribution in [-0.4, -0.2) is 31.5 Å². The van der Waals surface area contributed by atoms with Crippen molar-refractivity contribution in [2.24, 2.45) is 5.41 Å². The van der Waals surface area contributed by atoms with Crippen molar-refractivity contribution >= 4 is 0 Å². The van der Waals surface area contributed by atoms with Crippen molar-refractivity contribution in [1.29, 1.82) is 0 Å². The highest BCUT2D eigenvalue weighted by molar-refractivity contribution is 5.27. The van der Waals surface area contributed by atoms with Crippen molar-refractivity contribution in [2.75, 3.05) is 26.4 Å². The van der Waals surface area contributed by atoms with E-state index in [1.807, 2.05) is 30.3 Å². The molecule has 2 aromatic carbocycles. The normalized spacial score (nSPS) is 15.9.